The zero-order valence-electron chi connectivity index (χ0n) is 19.1. The Morgan fingerprint density at radius 3 is 2.46 bits per heavy atom. The minimum Gasteiger partial charge on any atom is -0.384 e. The SMILES string of the molecule is CN([C@@H](Cc1cccc(C(=N)N)c1)C(=O)Nc1ccc(-c2cc(F)ccc2C#N)cc1)S(C)(=O)=O. The van der Waals surface area contributed by atoms with Gasteiger partial charge in [-0.25, -0.2) is 12.8 Å². The Labute approximate surface area is 203 Å². The van der Waals surface area contributed by atoms with Crippen molar-refractivity contribution in [2.24, 2.45) is 5.73 Å². The van der Waals surface area contributed by atoms with Crippen LogP contribution in [-0.4, -0.2) is 43.8 Å². The summed E-state index contributed by atoms with van der Waals surface area (Å²) in [5.41, 5.74) is 8.37. The molecule has 0 aromatic heterocycles. The number of hydrogen-bond donors (Lipinski definition) is 3. The van der Waals surface area contributed by atoms with E-state index in [9.17, 15) is 22.9 Å². The molecule has 3 aromatic carbocycles. The second kappa shape index (κ2) is 10.5. The summed E-state index contributed by atoms with van der Waals surface area (Å²) in [7, 11) is -2.38. The Kier molecular flexibility index (Phi) is 7.64. The van der Waals surface area contributed by atoms with Crippen molar-refractivity contribution in [3.05, 3.63) is 89.2 Å². The highest BCUT2D eigenvalue weighted by atomic mass is 32.2. The number of benzene rings is 3. The average molecular weight is 494 g/mol. The summed E-state index contributed by atoms with van der Waals surface area (Å²) in [6.45, 7) is 0. The number of nitrogens with two attached hydrogens (primary N) is 1. The van der Waals surface area contributed by atoms with Crippen LogP contribution in [0.5, 0.6) is 0 Å². The topological polar surface area (TPSA) is 140 Å². The van der Waals surface area contributed by atoms with Crippen LogP contribution in [0.4, 0.5) is 10.1 Å². The van der Waals surface area contributed by atoms with Crippen molar-refractivity contribution >= 4 is 27.5 Å². The van der Waals surface area contributed by atoms with Gasteiger partial charge >= 0.3 is 0 Å². The van der Waals surface area contributed by atoms with Gasteiger partial charge in [0.1, 0.15) is 17.7 Å². The number of nitriles is 1. The summed E-state index contributed by atoms with van der Waals surface area (Å²) in [5, 5.41) is 19.6. The van der Waals surface area contributed by atoms with Gasteiger partial charge in [0.25, 0.3) is 0 Å². The van der Waals surface area contributed by atoms with E-state index in [1.807, 2.05) is 6.07 Å². The highest BCUT2D eigenvalue weighted by Crippen LogP contribution is 2.26. The van der Waals surface area contributed by atoms with Gasteiger partial charge in [0.2, 0.25) is 15.9 Å². The van der Waals surface area contributed by atoms with E-state index in [2.05, 4.69) is 5.32 Å². The Morgan fingerprint density at radius 1 is 1.17 bits per heavy atom. The predicted octanol–water partition coefficient (Wildman–Crippen LogP) is 3.09. The minimum atomic E-state index is -3.70. The number of halogens is 1. The molecule has 0 saturated heterocycles. The van der Waals surface area contributed by atoms with Gasteiger partial charge in [-0.3, -0.25) is 10.2 Å². The smallest absolute Gasteiger partial charge is 0.243 e. The molecule has 35 heavy (non-hydrogen) atoms. The van der Waals surface area contributed by atoms with Crippen molar-refractivity contribution in [2.45, 2.75) is 12.5 Å². The molecule has 3 rings (SSSR count). The van der Waals surface area contributed by atoms with E-state index in [1.165, 1.54) is 25.2 Å². The number of nitrogens with one attached hydrogen (secondary N) is 2. The molecule has 3 aromatic rings. The van der Waals surface area contributed by atoms with Crippen LogP contribution >= 0.6 is 0 Å². The molecule has 0 aliphatic heterocycles. The maximum atomic E-state index is 13.7. The Balaban J connectivity index is 1.86. The van der Waals surface area contributed by atoms with E-state index in [0.29, 0.717) is 33.5 Å². The van der Waals surface area contributed by atoms with Crippen molar-refractivity contribution in [3.63, 3.8) is 0 Å². The van der Waals surface area contributed by atoms with Gasteiger partial charge < -0.3 is 11.1 Å². The number of carbonyl (C=O) groups is 1. The number of nitrogen functional groups attached to an aromatic ring is 1. The molecule has 0 unspecified atom stereocenters. The van der Waals surface area contributed by atoms with E-state index < -0.39 is 27.8 Å². The maximum absolute atomic E-state index is 13.7. The van der Waals surface area contributed by atoms with E-state index in [4.69, 9.17) is 11.1 Å². The average Bonchev–Trinajstić information content (AvgIpc) is 2.82. The molecule has 8 nitrogen and oxygen atoms in total. The van der Waals surface area contributed by atoms with Gasteiger partial charge in [-0.15, -0.1) is 0 Å². The number of rotatable bonds is 8. The molecular formula is C25H24FN5O3S. The molecule has 1 amide bonds. The molecule has 0 saturated carbocycles. The number of likely N-dealkylation sites (N-methyl/N-ethyl adjacent to an activating group) is 1. The molecule has 0 heterocycles. The van der Waals surface area contributed by atoms with Crippen LogP contribution in [0, 0.1) is 22.6 Å². The zero-order chi connectivity index (χ0) is 25.8. The standard InChI is InChI=1S/C25H24FN5O3S/c1-31(35(2,33)34)23(13-16-4-3-5-18(12-16)24(28)29)25(32)30-21-10-7-17(8-11-21)22-14-20(26)9-6-19(22)15-27/h3-12,14,23H,13H2,1-2H3,(H3,28,29)(H,30,32)/t23-/m0/s1. The third-order valence-corrected chi connectivity index (χ3v) is 6.80. The molecule has 0 radical (unpaired) electrons. The fraction of sp³-hybridized carbons (Fsp3) is 0.160. The summed E-state index contributed by atoms with van der Waals surface area (Å²) in [6.07, 6.45) is 1.07. The minimum absolute atomic E-state index is 0.0590. The fourth-order valence-corrected chi connectivity index (χ4v) is 4.15. The second-order valence-electron chi connectivity index (χ2n) is 7.98. The monoisotopic (exact) mass is 493 g/mol. The number of carbonyl (C=O) groups excluding carboxylic acids is 1. The molecule has 0 aliphatic carbocycles. The van der Waals surface area contributed by atoms with Gasteiger partial charge in [0.15, 0.2) is 0 Å². The summed E-state index contributed by atoms with van der Waals surface area (Å²) < 4.78 is 39.1. The number of anilines is 1. The molecule has 0 fully saturated rings. The van der Waals surface area contributed by atoms with E-state index in [1.54, 1.807) is 48.5 Å². The van der Waals surface area contributed by atoms with Crippen LogP contribution in [0.1, 0.15) is 16.7 Å². The van der Waals surface area contributed by atoms with Gasteiger partial charge in [-0.2, -0.15) is 9.57 Å². The van der Waals surface area contributed by atoms with Crippen LogP contribution in [0.3, 0.4) is 0 Å². The predicted molar refractivity (Wildman–Crippen MR) is 133 cm³/mol. The Hall–Kier alpha value is -4.07. The second-order valence-corrected chi connectivity index (χ2v) is 10.0. The van der Waals surface area contributed by atoms with Crippen LogP contribution in [0.15, 0.2) is 66.7 Å². The van der Waals surface area contributed by atoms with Gasteiger partial charge in [0, 0.05) is 23.9 Å². The number of nitrogens with zero attached hydrogens (tertiary/aromatic N) is 2. The van der Waals surface area contributed by atoms with E-state index >= 15 is 0 Å². The van der Waals surface area contributed by atoms with Crippen LogP contribution < -0.4 is 11.1 Å². The molecule has 10 heteroatoms. The van der Waals surface area contributed by atoms with Crippen molar-refractivity contribution in [1.29, 1.82) is 10.7 Å². The lowest BCUT2D eigenvalue weighted by Crippen LogP contribution is -2.46. The largest absolute Gasteiger partial charge is 0.384 e. The first-order valence-electron chi connectivity index (χ1n) is 10.5. The first-order valence-corrected chi connectivity index (χ1v) is 12.3. The summed E-state index contributed by atoms with van der Waals surface area (Å²) in [4.78, 5) is 13.1. The number of hydrogen-bond acceptors (Lipinski definition) is 5. The first kappa shape index (κ1) is 25.6. The third-order valence-electron chi connectivity index (χ3n) is 5.50. The summed E-state index contributed by atoms with van der Waals surface area (Å²) >= 11 is 0. The highest BCUT2D eigenvalue weighted by Gasteiger charge is 2.29. The zero-order valence-corrected chi connectivity index (χ0v) is 19.9. The van der Waals surface area contributed by atoms with Crippen molar-refractivity contribution in [3.8, 4) is 17.2 Å². The first-order chi connectivity index (χ1) is 16.5. The lowest BCUT2D eigenvalue weighted by atomic mass is 10.00. The fourth-order valence-electron chi connectivity index (χ4n) is 3.52. The number of sulfonamides is 1. The molecule has 0 spiro atoms. The highest BCUT2D eigenvalue weighted by molar-refractivity contribution is 7.88. The Morgan fingerprint density at radius 2 is 1.86 bits per heavy atom. The van der Waals surface area contributed by atoms with E-state index in [-0.39, 0.29) is 12.3 Å². The molecule has 0 bridgehead atoms. The van der Waals surface area contributed by atoms with Crippen molar-refractivity contribution in [1.82, 2.24) is 4.31 Å². The van der Waals surface area contributed by atoms with Crippen LogP contribution in [-0.2, 0) is 21.2 Å². The lowest BCUT2D eigenvalue weighted by Gasteiger charge is -2.25. The number of amidine groups is 1. The van der Waals surface area contributed by atoms with Crippen molar-refractivity contribution in [2.75, 3.05) is 18.6 Å². The maximum Gasteiger partial charge on any atom is 0.243 e. The summed E-state index contributed by atoms with van der Waals surface area (Å²) in [5.74, 6) is -1.17. The van der Waals surface area contributed by atoms with Gasteiger partial charge in [-0.1, -0.05) is 30.3 Å². The lowest BCUT2D eigenvalue weighted by molar-refractivity contribution is -0.119. The third kappa shape index (κ3) is 6.29. The van der Waals surface area contributed by atoms with Crippen LogP contribution in [0.25, 0.3) is 11.1 Å². The molecule has 180 valence electrons. The van der Waals surface area contributed by atoms with Gasteiger partial charge in [0.05, 0.1) is 17.9 Å². The molecule has 0 aliphatic rings. The van der Waals surface area contributed by atoms with Crippen molar-refractivity contribution < 1.29 is 17.6 Å². The summed E-state index contributed by atoms with van der Waals surface area (Å²) in [6, 6.07) is 18.0. The molecular weight excluding hydrogens is 469 g/mol. The quantitative estimate of drug-likeness (QED) is 0.327. The Bertz CT molecular complexity index is 1420. The van der Waals surface area contributed by atoms with Gasteiger partial charge in [-0.05, 0) is 53.9 Å². The van der Waals surface area contributed by atoms with E-state index in [0.717, 1.165) is 10.6 Å². The van der Waals surface area contributed by atoms with Crippen LogP contribution in [0.2, 0.25) is 0 Å². The molecule has 4 N–H and O–H groups in total. The molecule has 1 atom stereocenters. The normalized spacial score (nSPS) is 12.1. The number of amides is 1.